The Balaban J connectivity index is 1.89. The van der Waals surface area contributed by atoms with Crippen molar-refractivity contribution in [3.63, 3.8) is 0 Å². The highest BCUT2D eigenvalue weighted by molar-refractivity contribution is 6.11. The number of carbonyl (C=O) groups excluding carboxylic acids is 1. The fraction of sp³-hybridized carbons (Fsp3) is 0.389. The number of piperidine rings is 1. The monoisotopic (exact) mass is 378 g/mol. The second-order valence-corrected chi connectivity index (χ2v) is 6.35. The predicted octanol–water partition coefficient (Wildman–Crippen LogP) is 3.19. The minimum absolute atomic E-state index is 0.189. The molecule has 3 rings (SSSR count). The van der Waals surface area contributed by atoms with Gasteiger partial charge in [0.2, 0.25) is 5.78 Å². The first kappa shape index (κ1) is 19.1. The molecule has 1 unspecified atom stereocenters. The van der Waals surface area contributed by atoms with Crippen LogP contribution in [-0.2, 0) is 6.18 Å². The molecule has 1 saturated heterocycles. The van der Waals surface area contributed by atoms with Gasteiger partial charge in [-0.3, -0.25) is 10.5 Å². The molecule has 0 spiro atoms. The van der Waals surface area contributed by atoms with Crippen LogP contribution in [0.2, 0.25) is 0 Å². The SMILES string of the molecule is [NH]c1ncccc1C(=O)c1nc(NCC2CCCCN2)ccc1C(F)(F)F. The van der Waals surface area contributed by atoms with E-state index >= 15 is 0 Å². The lowest BCUT2D eigenvalue weighted by Gasteiger charge is -2.24. The zero-order valence-corrected chi connectivity index (χ0v) is 14.4. The van der Waals surface area contributed by atoms with Crippen LogP contribution in [0.25, 0.3) is 0 Å². The van der Waals surface area contributed by atoms with Gasteiger partial charge in [0.25, 0.3) is 0 Å². The average Bonchev–Trinajstić information content (AvgIpc) is 2.66. The van der Waals surface area contributed by atoms with Gasteiger partial charge in [0, 0.05) is 18.8 Å². The quantitative estimate of drug-likeness (QED) is 0.780. The fourth-order valence-corrected chi connectivity index (χ4v) is 3.00. The molecule has 1 atom stereocenters. The number of anilines is 1. The molecule has 1 aliphatic rings. The van der Waals surface area contributed by atoms with Crippen molar-refractivity contribution in [2.75, 3.05) is 18.4 Å². The highest BCUT2D eigenvalue weighted by atomic mass is 19.4. The molecular weight excluding hydrogens is 359 g/mol. The summed E-state index contributed by atoms with van der Waals surface area (Å²) in [4.78, 5) is 20.2. The normalized spacial score (nSPS) is 17.5. The smallest absolute Gasteiger partial charge is 0.368 e. The number of alkyl halides is 3. The van der Waals surface area contributed by atoms with Crippen molar-refractivity contribution in [2.45, 2.75) is 31.5 Å². The zero-order chi connectivity index (χ0) is 19.4. The summed E-state index contributed by atoms with van der Waals surface area (Å²) >= 11 is 0. The van der Waals surface area contributed by atoms with Crippen LogP contribution in [-0.4, -0.2) is 34.9 Å². The maximum Gasteiger partial charge on any atom is 0.418 e. The first-order chi connectivity index (χ1) is 12.9. The Morgan fingerprint density at radius 3 is 2.78 bits per heavy atom. The first-order valence-electron chi connectivity index (χ1n) is 8.63. The maximum absolute atomic E-state index is 13.3. The van der Waals surface area contributed by atoms with E-state index < -0.39 is 23.2 Å². The third-order valence-electron chi connectivity index (χ3n) is 4.41. The van der Waals surface area contributed by atoms with Crippen LogP contribution in [0.5, 0.6) is 0 Å². The van der Waals surface area contributed by atoms with E-state index in [-0.39, 0.29) is 23.2 Å². The topological polar surface area (TPSA) is 90.7 Å². The molecule has 2 aromatic rings. The summed E-state index contributed by atoms with van der Waals surface area (Å²) in [6.45, 7) is 1.41. The number of ketones is 1. The summed E-state index contributed by atoms with van der Waals surface area (Å²) in [5.41, 5.74) is 5.60. The van der Waals surface area contributed by atoms with E-state index in [1.807, 2.05) is 0 Å². The molecular formula is C18H19F3N5O. The van der Waals surface area contributed by atoms with Gasteiger partial charge in [0.15, 0.2) is 5.82 Å². The lowest BCUT2D eigenvalue weighted by atomic mass is 10.0. The lowest BCUT2D eigenvalue weighted by Crippen LogP contribution is -2.39. The van der Waals surface area contributed by atoms with Crippen LogP contribution in [0.15, 0.2) is 30.5 Å². The molecule has 1 aliphatic heterocycles. The largest absolute Gasteiger partial charge is 0.418 e. The number of hydrogen-bond acceptors (Lipinski definition) is 5. The molecule has 2 aromatic heterocycles. The number of rotatable bonds is 5. The zero-order valence-electron chi connectivity index (χ0n) is 14.4. The van der Waals surface area contributed by atoms with E-state index in [0.717, 1.165) is 31.9 Å². The lowest BCUT2D eigenvalue weighted by molar-refractivity contribution is -0.138. The summed E-state index contributed by atoms with van der Waals surface area (Å²) in [6, 6.07) is 4.94. The third-order valence-corrected chi connectivity index (χ3v) is 4.41. The third kappa shape index (κ3) is 4.54. The Hall–Kier alpha value is -2.68. The van der Waals surface area contributed by atoms with Crippen LogP contribution in [0.1, 0.15) is 40.9 Å². The Bertz CT molecular complexity index is 819. The Morgan fingerprint density at radius 2 is 2.11 bits per heavy atom. The van der Waals surface area contributed by atoms with Crippen LogP contribution < -0.4 is 16.4 Å². The van der Waals surface area contributed by atoms with Crippen LogP contribution in [0.4, 0.5) is 24.8 Å². The molecule has 0 aliphatic carbocycles. The van der Waals surface area contributed by atoms with E-state index in [1.165, 1.54) is 24.4 Å². The van der Waals surface area contributed by atoms with E-state index in [4.69, 9.17) is 5.73 Å². The van der Waals surface area contributed by atoms with Crippen molar-refractivity contribution < 1.29 is 18.0 Å². The second-order valence-electron chi connectivity index (χ2n) is 6.35. The Morgan fingerprint density at radius 1 is 1.30 bits per heavy atom. The summed E-state index contributed by atoms with van der Waals surface area (Å²) in [5, 5.41) is 6.32. The van der Waals surface area contributed by atoms with Crippen LogP contribution >= 0.6 is 0 Å². The van der Waals surface area contributed by atoms with Gasteiger partial charge in [-0.1, -0.05) is 6.42 Å². The molecule has 1 fully saturated rings. The fourth-order valence-electron chi connectivity index (χ4n) is 3.00. The highest BCUT2D eigenvalue weighted by Gasteiger charge is 2.37. The van der Waals surface area contributed by atoms with E-state index in [1.54, 1.807) is 0 Å². The molecule has 3 heterocycles. The molecule has 0 saturated carbocycles. The molecule has 0 aromatic carbocycles. The Labute approximate surface area is 154 Å². The van der Waals surface area contributed by atoms with Gasteiger partial charge >= 0.3 is 6.18 Å². The van der Waals surface area contributed by atoms with Crippen molar-refractivity contribution in [1.29, 1.82) is 0 Å². The van der Waals surface area contributed by atoms with Gasteiger partial charge in [0.05, 0.1) is 11.1 Å². The van der Waals surface area contributed by atoms with Crippen molar-refractivity contribution in [3.05, 3.63) is 47.3 Å². The van der Waals surface area contributed by atoms with Gasteiger partial charge in [-0.15, -0.1) is 0 Å². The molecule has 27 heavy (non-hydrogen) atoms. The van der Waals surface area contributed by atoms with Crippen molar-refractivity contribution in [3.8, 4) is 0 Å². The predicted molar refractivity (Wildman–Crippen MR) is 93.8 cm³/mol. The van der Waals surface area contributed by atoms with Gasteiger partial charge in [-0.05, 0) is 43.7 Å². The molecule has 143 valence electrons. The number of nitrogens with one attached hydrogen (secondary N) is 3. The minimum atomic E-state index is -4.73. The molecule has 3 N–H and O–H groups in total. The molecule has 9 heteroatoms. The van der Waals surface area contributed by atoms with Crippen LogP contribution in [0.3, 0.4) is 0 Å². The standard InChI is InChI=1S/C18H19F3N5O/c19-18(20,21)13-6-7-14(25-10-11-4-1-2-8-23-11)26-15(13)16(27)12-5-3-9-24-17(12)22/h3,5-7,9,11,22-23H,1-2,4,8,10H2,(H,25,26). The van der Waals surface area contributed by atoms with Crippen molar-refractivity contribution in [1.82, 2.24) is 21.0 Å². The molecule has 0 bridgehead atoms. The summed E-state index contributed by atoms with van der Waals surface area (Å²) in [6.07, 6.45) is -0.263. The summed E-state index contributed by atoms with van der Waals surface area (Å²) in [7, 11) is 0. The molecule has 0 amide bonds. The highest BCUT2D eigenvalue weighted by Crippen LogP contribution is 2.33. The van der Waals surface area contributed by atoms with E-state index in [9.17, 15) is 18.0 Å². The van der Waals surface area contributed by atoms with E-state index in [0.29, 0.717) is 6.54 Å². The number of pyridine rings is 2. The number of carbonyl (C=O) groups is 1. The van der Waals surface area contributed by atoms with Gasteiger partial charge in [0.1, 0.15) is 11.5 Å². The minimum Gasteiger partial charge on any atom is -0.368 e. The van der Waals surface area contributed by atoms with Crippen LogP contribution in [0, 0.1) is 0 Å². The van der Waals surface area contributed by atoms with Gasteiger partial charge < -0.3 is 10.6 Å². The van der Waals surface area contributed by atoms with E-state index in [2.05, 4.69) is 20.6 Å². The van der Waals surface area contributed by atoms with Crippen molar-refractivity contribution in [2.24, 2.45) is 0 Å². The van der Waals surface area contributed by atoms with Gasteiger partial charge in [-0.2, -0.15) is 13.2 Å². The summed E-state index contributed by atoms with van der Waals surface area (Å²) < 4.78 is 40.0. The maximum atomic E-state index is 13.3. The van der Waals surface area contributed by atoms with Crippen molar-refractivity contribution >= 4 is 17.4 Å². The first-order valence-corrected chi connectivity index (χ1v) is 8.63. The second kappa shape index (κ2) is 7.91. The number of halogens is 3. The Kier molecular flexibility index (Phi) is 5.59. The average molecular weight is 378 g/mol. The number of nitrogens with zero attached hydrogens (tertiary/aromatic N) is 2. The molecule has 1 radical (unpaired) electrons. The number of aromatic nitrogens is 2. The number of hydrogen-bond donors (Lipinski definition) is 2. The summed E-state index contributed by atoms with van der Waals surface area (Å²) in [5.74, 6) is -1.17. The van der Waals surface area contributed by atoms with Gasteiger partial charge in [-0.25, -0.2) is 9.97 Å². The molecule has 6 nitrogen and oxygen atoms in total.